The Kier molecular flexibility index (Phi) is 54.4. The number of hydrogen-bond acceptors (Lipinski definition) is 4. The molecule has 5 heteroatoms. The standard InChI is InChI=1S/C60H117NO4/c1-3-5-7-9-11-13-15-17-18-19-20-21-22-23-24-25-26-27-28-29-30-31-32-33-34-35-36-37-38-39-40-41-43-45-47-49-51-53-55-59(64)60(65)61-57(56-62)58(63)54-52-50-48-46-44-42-16-14-12-10-8-6-4-2/h29-30,52,54,57-59,62-64H,3-28,31-51,53,55-56H2,1-2H3,(H,61,65)/b30-29-,54-52+. The van der Waals surface area contributed by atoms with E-state index in [1.807, 2.05) is 6.08 Å². The van der Waals surface area contributed by atoms with Crippen molar-refractivity contribution in [1.82, 2.24) is 5.32 Å². The summed E-state index contributed by atoms with van der Waals surface area (Å²) in [4.78, 5) is 12.5. The van der Waals surface area contributed by atoms with Gasteiger partial charge in [-0.25, -0.2) is 0 Å². The van der Waals surface area contributed by atoms with E-state index in [-0.39, 0.29) is 6.61 Å². The molecule has 0 aliphatic rings. The van der Waals surface area contributed by atoms with Crippen LogP contribution in [-0.2, 0) is 4.79 Å². The van der Waals surface area contributed by atoms with Crippen LogP contribution in [0.1, 0.15) is 328 Å². The van der Waals surface area contributed by atoms with Crippen molar-refractivity contribution in [3.63, 3.8) is 0 Å². The molecule has 0 bridgehead atoms. The van der Waals surface area contributed by atoms with Crippen LogP contribution in [0, 0.1) is 0 Å². The normalized spacial score (nSPS) is 13.4. The summed E-state index contributed by atoms with van der Waals surface area (Å²) in [7, 11) is 0. The minimum Gasteiger partial charge on any atom is -0.394 e. The lowest BCUT2D eigenvalue weighted by Gasteiger charge is -2.21. The highest BCUT2D eigenvalue weighted by molar-refractivity contribution is 5.80. The van der Waals surface area contributed by atoms with Crippen molar-refractivity contribution in [1.29, 1.82) is 0 Å². The fourth-order valence-electron chi connectivity index (χ4n) is 9.42. The van der Waals surface area contributed by atoms with Gasteiger partial charge < -0.3 is 20.6 Å². The van der Waals surface area contributed by atoms with Gasteiger partial charge in [0.25, 0.3) is 0 Å². The monoisotopic (exact) mass is 916 g/mol. The molecule has 0 aliphatic heterocycles. The minimum atomic E-state index is -1.10. The molecule has 0 saturated carbocycles. The van der Waals surface area contributed by atoms with E-state index in [4.69, 9.17) is 0 Å². The number of aliphatic hydroxyl groups excluding tert-OH is 3. The summed E-state index contributed by atoms with van der Waals surface area (Å²) in [6, 6.07) is -0.795. The molecule has 0 aromatic carbocycles. The number of rotatable bonds is 55. The summed E-state index contributed by atoms with van der Waals surface area (Å²) < 4.78 is 0. The Bertz CT molecular complexity index is 967. The second-order valence-electron chi connectivity index (χ2n) is 20.6. The van der Waals surface area contributed by atoms with Crippen LogP contribution in [0.15, 0.2) is 24.3 Å². The van der Waals surface area contributed by atoms with Crippen molar-refractivity contribution in [2.75, 3.05) is 6.61 Å². The third kappa shape index (κ3) is 50.5. The van der Waals surface area contributed by atoms with Gasteiger partial charge in [-0.3, -0.25) is 4.79 Å². The maximum Gasteiger partial charge on any atom is 0.249 e. The fraction of sp³-hybridized carbons (Fsp3) is 0.917. The molecule has 0 aromatic rings. The molecule has 0 aromatic heterocycles. The number of unbranched alkanes of at least 4 members (excludes halogenated alkanes) is 45. The summed E-state index contributed by atoms with van der Waals surface area (Å²) >= 11 is 0. The van der Waals surface area contributed by atoms with Gasteiger partial charge in [0, 0.05) is 0 Å². The highest BCUT2D eigenvalue weighted by Crippen LogP contribution is 2.18. The van der Waals surface area contributed by atoms with Crippen LogP contribution in [0.3, 0.4) is 0 Å². The van der Waals surface area contributed by atoms with E-state index in [0.717, 1.165) is 32.1 Å². The summed E-state index contributed by atoms with van der Waals surface area (Å²) in [5, 5.41) is 33.3. The Labute approximate surface area is 407 Å². The van der Waals surface area contributed by atoms with Crippen LogP contribution in [-0.4, -0.2) is 46.1 Å². The number of aliphatic hydroxyl groups is 3. The second kappa shape index (κ2) is 55.4. The molecule has 3 unspecified atom stereocenters. The van der Waals surface area contributed by atoms with Crippen LogP contribution in [0.5, 0.6) is 0 Å². The van der Waals surface area contributed by atoms with E-state index in [2.05, 4.69) is 31.3 Å². The molecule has 0 saturated heterocycles. The van der Waals surface area contributed by atoms with E-state index in [1.54, 1.807) is 6.08 Å². The van der Waals surface area contributed by atoms with Crippen molar-refractivity contribution in [2.24, 2.45) is 0 Å². The van der Waals surface area contributed by atoms with E-state index >= 15 is 0 Å². The van der Waals surface area contributed by atoms with E-state index in [0.29, 0.717) is 6.42 Å². The number of allylic oxidation sites excluding steroid dienone is 3. The first kappa shape index (κ1) is 63.8. The first-order valence-electron chi connectivity index (χ1n) is 29.7. The molecular formula is C60H117NO4. The summed E-state index contributed by atoms with van der Waals surface area (Å²) in [6.45, 7) is 4.20. The Morgan fingerprint density at radius 3 is 0.892 bits per heavy atom. The first-order valence-corrected chi connectivity index (χ1v) is 29.7. The largest absolute Gasteiger partial charge is 0.394 e. The van der Waals surface area contributed by atoms with Crippen LogP contribution in [0.2, 0.25) is 0 Å². The molecule has 3 atom stereocenters. The number of amides is 1. The zero-order chi connectivity index (χ0) is 47.2. The zero-order valence-corrected chi connectivity index (χ0v) is 44.1. The lowest BCUT2D eigenvalue weighted by atomic mass is 10.0. The number of carbonyl (C=O) groups excluding carboxylic acids is 1. The Balaban J connectivity index is 3.44. The molecule has 0 aliphatic carbocycles. The predicted octanol–water partition coefficient (Wildman–Crippen LogP) is 18.5. The van der Waals surface area contributed by atoms with Gasteiger partial charge in [-0.1, -0.05) is 308 Å². The molecule has 0 rings (SSSR count). The third-order valence-electron chi connectivity index (χ3n) is 14.0. The highest BCUT2D eigenvalue weighted by atomic mass is 16.3. The molecule has 5 nitrogen and oxygen atoms in total. The highest BCUT2D eigenvalue weighted by Gasteiger charge is 2.22. The van der Waals surface area contributed by atoms with Gasteiger partial charge in [0.2, 0.25) is 5.91 Å². The van der Waals surface area contributed by atoms with Gasteiger partial charge in [0.05, 0.1) is 18.8 Å². The number of carbonyl (C=O) groups is 1. The molecule has 0 fully saturated rings. The topological polar surface area (TPSA) is 89.8 Å². The molecule has 386 valence electrons. The average molecular weight is 917 g/mol. The Morgan fingerprint density at radius 2 is 0.615 bits per heavy atom. The van der Waals surface area contributed by atoms with E-state index < -0.39 is 24.2 Å². The summed E-state index contributed by atoms with van der Waals surface area (Å²) in [5.41, 5.74) is 0. The molecular weight excluding hydrogens is 799 g/mol. The Hall–Kier alpha value is -1.17. The van der Waals surface area contributed by atoms with Gasteiger partial charge in [-0.15, -0.1) is 0 Å². The van der Waals surface area contributed by atoms with Crippen molar-refractivity contribution in [2.45, 2.75) is 347 Å². The maximum absolute atomic E-state index is 12.5. The SMILES string of the molecule is CCCCCCCCCCCCC/C=C/C(O)C(CO)NC(=O)C(O)CCCCCCCCCCCCCCCCCC/C=C\CCCCCCCCCCCCCCCCCCCC. The molecule has 4 N–H and O–H groups in total. The quantitative estimate of drug-likeness (QED) is 0.0361. The first-order chi connectivity index (χ1) is 32.1. The minimum absolute atomic E-state index is 0.361. The van der Waals surface area contributed by atoms with Gasteiger partial charge in [0.1, 0.15) is 6.10 Å². The van der Waals surface area contributed by atoms with Crippen LogP contribution in [0.4, 0.5) is 0 Å². The van der Waals surface area contributed by atoms with Gasteiger partial charge in [0.15, 0.2) is 0 Å². The van der Waals surface area contributed by atoms with Gasteiger partial charge in [-0.2, -0.15) is 0 Å². The van der Waals surface area contributed by atoms with E-state index in [9.17, 15) is 20.1 Å². The molecule has 0 radical (unpaired) electrons. The smallest absolute Gasteiger partial charge is 0.249 e. The Morgan fingerprint density at radius 1 is 0.369 bits per heavy atom. The molecule has 0 spiro atoms. The average Bonchev–Trinajstić information content (AvgIpc) is 3.31. The van der Waals surface area contributed by atoms with E-state index in [1.165, 1.54) is 276 Å². The second-order valence-corrected chi connectivity index (χ2v) is 20.6. The van der Waals surface area contributed by atoms with Crippen LogP contribution >= 0.6 is 0 Å². The van der Waals surface area contributed by atoms with Crippen LogP contribution in [0.25, 0.3) is 0 Å². The van der Waals surface area contributed by atoms with Crippen molar-refractivity contribution in [3.8, 4) is 0 Å². The zero-order valence-electron chi connectivity index (χ0n) is 44.1. The lowest BCUT2D eigenvalue weighted by Crippen LogP contribution is -2.48. The summed E-state index contributed by atoms with van der Waals surface area (Å²) in [5.74, 6) is -0.499. The van der Waals surface area contributed by atoms with Crippen molar-refractivity contribution >= 4 is 5.91 Å². The lowest BCUT2D eigenvalue weighted by molar-refractivity contribution is -0.131. The van der Waals surface area contributed by atoms with Crippen molar-refractivity contribution in [3.05, 3.63) is 24.3 Å². The van der Waals surface area contributed by atoms with Crippen LogP contribution < -0.4 is 5.32 Å². The van der Waals surface area contributed by atoms with Crippen molar-refractivity contribution < 1.29 is 20.1 Å². The number of hydrogen-bond donors (Lipinski definition) is 4. The maximum atomic E-state index is 12.5. The molecule has 0 heterocycles. The number of nitrogens with one attached hydrogen (secondary N) is 1. The van der Waals surface area contributed by atoms with Gasteiger partial charge >= 0.3 is 0 Å². The molecule has 1 amide bonds. The fourth-order valence-corrected chi connectivity index (χ4v) is 9.42. The molecule has 65 heavy (non-hydrogen) atoms. The predicted molar refractivity (Wildman–Crippen MR) is 287 cm³/mol. The summed E-state index contributed by atoms with van der Waals surface area (Å²) in [6.07, 6.45) is 71.5. The third-order valence-corrected chi connectivity index (χ3v) is 14.0. The van der Waals surface area contributed by atoms with Gasteiger partial charge in [-0.05, 0) is 44.9 Å².